The zero-order valence-corrected chi connectivity index (χ0v) is 16.1. The summed E-state index contributed by atoms with van der Waals surface area (Å²) in [6, 6.07) is 11.7. The van der Waals surface area contributed by atoms with E-state index in [0.717, 1.165) is 27.8 Å². The van der Waals surface area contributed by atoms with Crippen LogP contribution in [0, 0.1) is 17.0 Å². The van der Waals surface area contributed by atoms with Crippen molar-refractivity contribution >= 4 is 27.3 Å². The van der Waals surface area contributed by atoms with E-state index >= 15 is 0 Å². The first-order chi connectivity index (χ1) is 12.6. The predicted octanol–water partition coefficient (Wildman–Crippen LogP) is 2.37. The molecule has 0 aliphatic heterocycles. The van der Waals surface area contributed by atoms with Crippen molar-refractivity contribution in [1.29, 1.82) is 0 Å². The van der Waals surface area contributed by atoms with Gasteiger partial charge >= 0.3 is 0 Å². The number of rotatable bonds is 7. The maximum Gasteiger partial charge on any atom is 0.271 e. The number of sulfonamides is 1. The monoisotopic (exact) mass is 391 g/mol. The number of nitro benzene ring substituents is 1. The largest absolute Gasteiger partial charge is 0.350 e. The molecule has 8 nitrogen and oxygen atoms in total. The molecule has 0 spiro atoms. The number of carbonyl (C=O) groups is 1. The molecule has 2 aromatic carbocycles. The Morgan fingerprint density at radius 3 is 2.48 bits per heavy atom. The van der Waals surface area contributed by atoms with Gasteiger partial charge in [0.1, 0.15) is 6.04 Å². The van der Waals surface area contributed by atoms with Crippen LogP contribution < -0.4 is 9.62 Å². The summed E-state index contributed by atoms with van der Waals surface area (Å²) in [6.07, 6.45) is 0.955. The number of non-ortho nitro benzene ring substituents is 1. The molecular formula is C18H21N3O5S. The number of nitrogens with one attached hydrogen (secondary N) is 1. The van der Waals surface area contributed by atoms with Crippen molar-refractivity contribution in [2.24, 2.45) is 0 Å². The van der Waals surface area contributed by atoms with Crippen molar-refractivity contribution in [3.8, 4) is 0 Å². The molecule has 0 unspecified atom stereocenters. The zero-order valence-electron chi connectivity index (χ0n) is 15.2. The molecule has 0 saturated carbocycles. The van der Waals surface area contributed by atoms with E-state index < -0.39 is 26.9 Å². The van der Waals surface area contributed by atoms with Gasteiger partial charge in [0.2, 0.25) is 15.9 Å². The summed E-state index contributed by atoms with van der Waals surface area (Å²) >= 11 is 0. The Bertz CT molecular complexity index is 959. The molecular weight excluding hydrogens is 370 g/mol. The van der Waals surface area contributed by atoms with Crippen molar-refractivity contribution in [3.05, 3.63) is 69.8 Å². The summed E-state index contributed by atoms with van der Waals surface area (Å²) in [6.45, 7) is 3.62. The van der Waals surface area contributed by atoms with E-state index in [1.807, 2.05) is 31.2 Å². The number of amides is 1. The lowest BCUT2D eigenvalue weighted by Crippen LogP contribution is -2.47. The van der Waals surface area contributed by atoms with Crippen molar-refractivity contribution < 1.29 is 18.1 Å². The molecule has 1 atom stereocenters. The van der Waals surface area contributed by atoms with Crippen LogP contribution in [0.15, 0.2) is 48.5 Å². The van der Waals surface area contributed by atoms with Crippen LogP contribution in [0.5, 0.6) is 0 Å². The SMILES string of the molecule is Cc1cccc(CNC(=O)[C@@H](C)N(c2cccc([N+](=O)[O-])c2)S(C)(=O)=O)c1. The molecule has 2 rings (SSSR count). The molecule has 0 heterocycles. The minimum atomic E-state index is -3.84. The van der Waals surface area contributed by atoms with Crippen LogP contribution in [0.1, 0.15) is 18.1 Å². The van der Waals surface area contributed by atoms with Gasteiger partial charge in [-0.15, -0.1) is 0 Å². The van der Waals surface area contributed by atoms with Gasteiger partial charge in [-0.2, -0.15) is 0 Å². The smallest absolute Gasteiger partial charge is 0.271 e. The highest BCUT2D eigenvalue weighted by Gasteiger charge is 2.29. The van der Waals surface area contributed by atoms with Gasteiger partial charge in [-0.1, -0.05) is 35.9 Å². The van der Waals surface area contributed by atoms with Crippen LogP contribution in [0.2, 0.25) is 0 Å². The van der Waals surface area contributed by atoms with Gasteiger partial charge in [0.05, 0.1) is 16.9 Å². The number of anilines is 1. The van der Waals surface area contributed by atoms with E-state index in [2.05, 4.69) is 5.32 Å². The lowest BCUT2D eigenvalue weighted by Gasteiger charge is -2.28. The summed E-state index contributed by atoms with van der Waals surface area (Å²) in [5.74, 6) is -0.506. The molecule has 0 bridgehead atoms. The fourth-order valence-corrected chi connectivity index (χ4v) is 3.88. The summed E-state index contributed by atoms with van der Waals surface area (Å²) in [4.78, 5) is 22.9. The third-order valence-electron chi connectivity index (χ3n) is 3.93. The van der Waals surface area contributed by atoms with E-state index in [-0.39, 0.29) is 17.9 Å². The Kier molecular flexibility index (Phi) is 6.17. The Labute approximate surface area is 158 Å². The topological polar surface area (TPSA) is 110 Å². The van der Waals surface area contributed by atoms with Crippen molar-refractivity contribution in [1.82, 2.24) is 5.32 Å². The van der Waals surface area contributed by atoms with Gasteiger partial charge in [0.15, 0.2) is 0 Å². The van der Waals surface area contributed by atoms with Crippen LogP contribution in [0.25, 0.3) is 0 Å². The number of nitrogens with zero attached hydrogens (tertiary/aromatic N) is 2. The third kappa shape index (κ3) is 5.27. The van der Waals surface area contributed by atoms with Crippen molar-refractivity contribution in [2.45, 2.75) is 26.4 Å². The molecule has 9 heteroatoms. The molecule has 0 aliphatic carbocycles. The highest BCUT2D eigenvalue weighted by atomic mass is 32.2. The first-order valence-corrected chi connectivity index (χ1v) is 10.0. The lowest BCUT2D eigenvalue weighted by molar-refractivity contribution is -0.384. The van der Waals surface area contributed by atoms with Crippen LogP contribution >= 0.6 is 0 Å². The normalized spacial score (nSPS) is 12.3. The van der Waals surface area contributed by atoms with Gasteiger partial charge in [-0.05, 0) is 25.5 Å². The van der Waals surface area contributed by atoms with Gasteiger partial charge in [-0.3, -0.25) is 19.2 Å². The molecule has 0 aliphatic rings. The van der Waals surface area contributed by atoms with Crippen molar-refractivity contribution in [2.75, 3.05) is 10.6 Å². The summed E-state index contributed by atoms with van der Waals surface area (Å²) in [7, 11) is -3.84. The molecule has 0 aromatic heterocycles. The maximum absolute atomic E-state index is 12.5. The van der Waals surface area contributed by atoms with Crippen LogP contribution in [-0.4, -0.2) is 31.5 Å². The third-order valence-corrected chi connectivity index (χ3v) is 5.17. The van der Waals surface area contributed by atoms with E-state index in [9.17, 15) is 23.3 Å². The first kappa shape index (κ1) is 20.4. The van der Waals surface area contributed by atoms with Gasteiger partial charge in [0.25, 0.3) is 5.69 Å². The Hall–Kier alpha value is -2.94. The van der Waals surface area contributed by atoms with Gasteiger partial charge < -0.3 is 5.32 Å². The second kappa shape index (κ2) is 8.17. The minimum absolute atomic E-state index is 0.0601. The number of aryl methyl sites for hydroxylation is 1. The number of hydrogen-bond acceptors (Lipinski definition) is 5. The van der Waals surface area contributed by atoms with E-state index in [4.69, 9.17) is 0 Å². The second-order valence-electron chi connectivity index (χ2n) is 6.22. The first-order valence-electron chi connectivity index (χ1n) is 8.16. The number of carbonyl (C=O) groups excluding carboxylic acids is 1. The van der Waals surface area contributed by atoms with Gasteiger partial charge in [0, 0.05) is 18.7 Å². The van der Waals surface area contributed by atoms with E-state index in [1.54, 1.807) is 0 Å². The summed E-state index contributed by atoms with van der Waals surface area (Å²) in [5.41, 5.74) is 1.74. The molecule has 2 aromatic rings. The lowest BCUT2D eigenvalue weighted by atomic mass is 10.1. The van der Waals surface area contributed by atoms with E-state index in [0.29, 0.717) is 0 Å². The fourth-order valence-electron chi connectivity index (χ4n) is 2.71. The van der Waals surface area contributed by atoms with Crippen molar-refractivity contribution in [3.63, 3.8) is 0 Å². The summed E-state index contributed by atoms with van der Waals surface area (Å²) < 4.78 is 25.4. The van der Waals surface area contributed by atoms with Gasteiger partial charge in [-0.25, -0.2) is 8.42 Å². The molecule has 1 N–H and O–H groups in total. The Morgan fingerprint density at radius 2 is 1.89 bits per heavy atom. The summed E-state index contributed by atoms with van der Waals surface area (Å²) in [5, 5.41) is 13.7. The Morgan fingerprint density at radius 1 is 1.22 bits per heavy atom. The highest BCUT2D eigenvalue weighted by molar-refractivity contribution is 7.92. The minimum Gasteiger partial charge on any atom is -0.350 e. The quantitative estimate of drug-likeness (QED) is 0.576. The van der Waals surface area contributed by atoms with Crippen LogP contribution in [-0.2, 0) is 21.4 Å². The highest BCUT2D eigenvalue weighted by Crippen LogP contribution is 2.25. The molecule has 27 heavy (non-hydrogen) atoms. The molecule has 1 amide bonds. The maximum atomic E-state index is 12.5. The molecule has 0 fully saturated rings. The van der Waals surface area contributed by atoms with Crippen LogP contribution in [0.3, 0.4) is 0 Å². The Balaban J connectivity index is 2.24. The number of hydrogen-bond donors (Lipinski definition) is 1. The van der Waals surface area contributed by atoms with Crippen LogP contribution in [0.4, 0.5) is 11.4 Å². The fraction of sp³-hybridized carbons (Fsp3) is 0.278. The van der Waals surface area contributed by atoms with E-state index in [1.165, 1.54) is 25.1 Å². The average molecular weight is 391 g/mol. The predicted molar refractivity (Wildman–Crippen MR) is 103 cm³/mol. The average Bonchev–Trinajstić information content (AvgIpc) is 2.58. The standard InChI is InChI=1S/C18H21N3O5S/c1-13-6-4-7-15(10-13)12-19-18(22)14(2)20(27(3,25)26)16-8-5-9-17(11-16)21(23)24/h4-11,14H,12H2,1-3H3,(H,19,22)/t14-/m1/s1. The molecule has 144 valence electrons. The molecule has 0 radical (unpaired) electrons. The second-order valence-corrected chi connectivity index (χ2v) is 8.08. The number of benzene rings is 2. The number of nitro groups is 1. The molecule has 0 saturated heterocycles. The zero-order chi connectivity index (χ0) is 20.2.